The van der Waals surface area contributed by atoms with Crippen LogP contribution in [0.15, 0.2) is 35.0 Å². The number of carbonyl (C=O) groups excluding carboxylic acids is 3. The molecular formula is C24H27N5O4. The number of aromatic nitrogens is 2. The summed E-state index contributed by atoms with van der Waals surface area (Å²) in [6, 6.07) is 9.51. The topological polar surface area (TPSA) is 109 Å². The highest BCUT2D eigenvalue weighted by molar-refractivity contribution is 6.07. The number of piperidine rings is 1. The van der Waals surface area contributed by atoms with Crippen molar-refractivity contribution in [3.05, 3.63) is 47.3 Å². The minimum atomic E-state index is -1.01. The van der Waals surface area contributed by atoms with Gasteiger partial charge < -0.3 is 10.2 Å². The second-order valence-electron chi connectivity index (χ2n) is 8.47. The maximum atomic E-state index is 13.6. The van der Waals surface area contributed by atoms with E-state index >= 15 is 0 Å². The van der Waals surface area contributed by atoms with Crippen LogP contribution in [0, 0.1) is 24.7 Å². The van der Waals surface area contributed by atoms with Gasteiger partial charge in [0, 0.05) is 13.1 Å². The van der Waals surface area contributed by atoms with Gasteiger partial charge in [0.2, 0.25) is 0 Å². The fraction of sp³-hybridized carbons (Fsp3) is 0.458. The average molecular weight is 450 g/mol. The Morgan fingerprint density at radius 1 is 1.21 bits per heavy atom. The summed E-state index contributed by atoms with van der Waals surface area (Å²) in [6.45, 7) is 4.35. The van der Waals surface area contributed by atoms with Crippen LogP contribution in [0.4, 0.5) is 4.79 Å². The van der Waals surface area contributed by atoms with Crippen molar-refractivity contribution in [2.24, 2.45) is 5.92 Å². The van der Waals surface area contributed by atoms with Crippen molar-refractivity contribution in [1.29, 1.82) is 0 Å². The minimum Gasteiger partial charge on any atom is -0.337 e. The standard InChI is InChI=1S/C24H27N5O4/c1-3-4-14-29-22(31)24(25-23(29)32,13-10-18-8-6-5-7-9-18)19-11-15-28(16-12-19)21(30)20-17(2)26-33-27-20/h5-9,19H,10-16H2,1-2H3,(H,25,32). The van der Waals surface area contributed by atoms with Crippen LogP contribution in [0.3, 0.4) is 0 Å². The third-order valence-corrected chi connectivity index (χ3v) is 6.60. The van der Waals surface area contributed by atoms with Crippen LogP contribution in [-0.4, -0.2) is 63.1 Å². The van der Waals surface area contributed by atoms with E-state index in [0.29, 0.717) is 44.5 Å². The molecule has 4 amide bonds. The Morgan fingerprint density at radius 2 is 1.94 bits per heavy atom. The highest BCUT2D eigenvalue weighted by Gasteiger charge is 2.55. The normalized spacial score (nSPS) is 21.0. The van der Waals surface area contributed by atoms with E-state index in [1.807, 2.05) is 30.3 Å². The highest BCUT2D eigenvalue weighted by atomic mass is 16.6. The predicted molar refractivity (Wildman–Crippen MR) is 119 cm³/mol. The van der Waals surface area contributed by atoms with E-state index in [1.165, 1.54) is 4.90 Å². The quantitative estimate of drug-likeness (QED) is 0.535. The van der Waals surface area contributed by atoms with Crippen molar-refractivity contribution in [3.63, 3.8) is 0 Å². The summed E-state index contributed by atoms with van der Waals surface area (Å²) < 4.78 is 4.66. The van der Waals surface area contributed by atoms with E-state index in [0.717, 1.165) is 5.56 Å². The molecule has 1 N–H and O–H groups in total. The highest BCUT2D eigenvalue weighted by Crippen LogP contribution is 2.37. The lowest BCUT2D eigenvalue weighted by molar-refractivity contribution is -0.133. The van der Waals surface area contributed by atoms with Gasteiger partial charge in [-0.05, 0) is 56.2 Å². The number of aryl methyl sites for hydroxylation is 2. The molecule has 2 aromatic rings. The van der Waals surface area contributed by atoms with Gasteiger partial charge in [0.25, 0.3) is 11.8 Å². The van der Waals surface area contributed by atoms with E-state index in [4.69, 9.17) is 0 Å². The minimum absolute atomic E-state index is 0.0734. The summed E-state index contributed by atoms with van der Waals surface area (Å²) in [5.41, 5.74) is 0.754. The van der Waals surface area contributed by atoms with Crippen LogP contribution in [0.2, 0.25) is 0 Å². The molecule has 1 aromatic heterocycles. The van der Waals surface area contributed by atoms with Gasteiger partial charge in [0.05, 0.1) is 6.54 Å². The molecule has 0 aliphatic carbocycles. The number of hydrogen-bond acceptors (Lipinski definition) is 6. The van der Waals surface area contributed by atoms with Crippen LogP contribution in [0.5, 0.6) is 0 Å². The Morgan fingerprint density at radius 3 is 2.58 bits per heavy atom. The predicted octanol–water partition coefficient (Wildman–Crippen LogP) is 2.18. The molecule has 1 atom stereocenters. The number of rotatable bonds is 6. The van der Waals surface area contributed by atoms with Gasteiger partial charge in [0.1, 0.15) is 11.2 Å². The first-order chi connectivity index (χ1) is 16.0. The summed E-state index contributed by atoms with van der Waals surface area (Å²) >= 11 is 0. The second-order valence-corrected chi connectivity index (χ2v) is 8.47. The summed E-state index contributed by atoms with van der Waals surface area (Å²) in [6.07, 6.45) is 2.32. The largest absolute Gasteiger partial charge is 0.337 e. The zero-order valence-corrected chi connectivity index (χ0v) is 18.8. The molecule has 0 spiro atoms. The molecule has 2 fully saturated rings. The Labute approximate surface area is 192 Å². The summed E-state index contributed by atoms with van der Waals surface area (Å²) in [5, 5.41) is 10.4. The van der Waals surface area contributed by atoms with Crippen LogP contribution < -0.4 is 5.32 Å². The molecular weight excluding hydrogens is 422 g/mol. The van der Waals surface area contributed by atoms with E-state index in [2.05, 4.69) is 32.1 Å². The van der Waals surface area contributed by atoms with Crippen LogP contribution in [-0.2, 0) is 11.2 Å². The molecule has 2 saturated heterocycles. The SMILES string of the molecule is CC#CCN1C(=O)NC(CCc2ccccc2)(C2CCN(C(=O)c3nonc3C)CC2)C1=O. The van der Waals surface area contributed by atoms with E-state index in [9.17, 15) is 14.4 Å². The van der Waals surface area contributed by atoms with Crippen LogP contribution in [0.25, 0.3) is 0 Å². The number of urea groups is 1. The number of amides is 4. The molecule has 33 heavy (non-hydrogen) atoms. The van der Waals surface area contributed by atoms with Crippen LogP contribution in [0.1, 0.15) is 47.9 Å². The molecule has 3 heterocycles. The van der Waals surface area contributed by atoms with Crippen molar-refractivity contribution < 1.29 is 19.0 Å². The molecule has 172 valence electrons. The second kappa shape index (κ2) is 9.45. The molecule has 1 aromatic carbocycles. The van der Waals surface area contributed by atoms with Crippen molar-refractivity contribution >= 4 is 17.8 Å². The van der Waals surface area contributed by atoms with Crippen molar-refractivity contribution in [2.45, 2.75) is 45.1 Å². The lowest BCUT2D eigenvalue weighted by Crippen LogP contribution is -2.57. The first-order valence-electron chi connectivity index (χ1n) is 11.1. The van der Waals surface area contributed by atoms with Gasteiger partial charge in [-0.25, -0.2) is 9.42 Å². The monoisotopic (exact) mass is 449 g/mol. The van der Waals surface area contributed by atoms with Crippen LogP contribution >= 0.6 is 0 Å². The van der Waals surface area contributed by atoms with Crippen molar-refractivity contribution in [1.82, 2.24) is 25.4 Å². The maximum absolute atomic E-state index is 13.6. The van der Waals surface area contributed by atoms with Gasteiger partial charge in [-0.1, -0.05) is 41.4 Å². The molecule has 2 aliphatic rings. The molecule has 0 radical (unpaired) electrons. The summed E-state index contributed by atoms with van der Waals surface area (Å²) in [4.78, 5) is 42.0. The van der Waals surface area contributed by atoms with Gasteiger partial charge >= 0.3 is 6.03 Å². The number of likely N-dealkylation sites (tertiary alicyclic amines) is 1. The third kappa shape index (κ3) is 4.33. The number of imide groups is 1. The lowest BCUT2D eigenvalue weighted by Gasteiger charge is -2.40. The number of nitrogens with zero attached hydrogens (tertiary/aromatic N) is 4. The first kappa shape index (κ1) is 22.5. The molecule has 0 saturated carbocycles. The lowest BCUT2D eigenvalue weighted by atomic mass is 9.74. The summed E-state index contributed by atoms with van der Waals surface area (Å²) in [5.74, 6) is 5.02. The van der Waals surface area contributed by atoms with Gasteiger partial charge in [-0.2, -0.15) is 0 Å². The zero-order valence-electron chi connectivity index (χ0n) is 18.8. The van der Waals surface area contributed by atoms with E-state index < -0.39 is 11.6 Å². The van der Waals surface area contributed by atoms with Crippen molar-refractivity contribution in [3.8, 4) is 11.8 Å². The average Bonchev–Trinajstić information content (AvgIpc) is 3.37. The Hall–Kier alpha value is -3.67. The zero-order chi connectivity index (χ0) is 23.4. The molecule has 1 unspecified atom stereocenters. The maximum Gasteiger partial charge on any atom is 0.325 e. The fourth-order valence-corrected chi connectivity index (χ4v) is 4.73. The molecule has 9 heteroatoms. The fourth-order valence-electron chi connectivity index (χ4n) is 4.73. The molecule has 2 aliphatic heterocycles. The number of benzene rings is 1. The first-order valence-corrected chi connectivity index (χ1v) is 11.1. The smallest absolute Gasteiger partial charge is 0.325 e. The van der Waals surface area contributed by atoms with Crippen molar-refractivity contribution in [2.75, 3.05) is 19.6 Å². The third-order valence-electron chi connectivity index (χ3n) is 6.60. The Bertz CT molecular complexity index is 1090. The number of hydrogen-bond donors (Lipinski definition) is 1. The van der Waals surface area contributed by atoms with E-state index in [1.54, 1.807) is 18.7 Å². The van der Waals surface area contributed by atoms with E-state index in [-0.39, 0.29) is 30.0 Å². The van der Waals surface area contributed by atoms with Gasteiger partial charge in [0.15, 0.2) is 5.69 Å². The van der Waals surface area contributed by atoms with Gasteiger partial charge in [-0.15, -0.1) is 5.92 Å². The van der Waals surface area contributed by atoms with Gasteiger partial charge in [-0.3, -0.25) is 14.5 Å². The Kier molecular flexibility index (Phi) is 6.45. The molecule has 4 rings (SSSR count). The Balaban J connectivity index is 1.53. The summed E-state index contributed by atoms with van der Waals surface area (Å²) in [7, 11) is 0. The number of nitrogens with one attached hydrogen (secondary N) is 1. The molecule has 0 bridgehead atoms. The number of carbonyl (C=O) groups is 3. The molecule has 9 nitrogen and oxygen atoms in total.